The molecule has 0 aromatic rings. The van der Waals surface area contributed by atoms with E-state index in [0.29, 0.717) is 0 Å². The third kappa shape index (κ3) is 7.98. The zero-order valence-corrected chi connectivity index (χ0v) is 11.4. The number of carbonyl (C=O) groups excluding carboxylic acids is 2. The Morgan fingerprint density at radius 3 is 2.32 bits per heavy atom. The molecule has 0 radical (unpaired) electrons. The second-order valence-corrected chi connectivity index (χ2v) is 5.06. The number of aliphatic carboxylic acids is 1. The monoisotopic (exact) mass is 275 g/mol. The molecule has 0 spiro atoms. The summed E-state index contributed by atoms with van der Waals surface area (Å²) in [4.78, 5) is 32.8. The molecule has 8 heteroatoms. The minimum atomic E-state index is -1.10. The number of hydrogen-bond acceptors (Lipinski definition) is 4. The van der Waals surface area contributed by atoms with E-state index in [4.69, 9.17) is 15.6 Å². The molecular weight excluding hydrogens is 254 g/mol. The fourth-order valence-corrected chi connectivity index (χ4v) is 1.24. The van der Waals surface area contributed by atoms with Gasteiger partial charge in [0.15, 0.2) is 0 Å². The molecule has 0 aromatic heterocycles. The van der Waals surface area contributed by atoms with Gasteiger partial charge in [-0.25, -0.2) is 9.59 Å². The summed E-state index contributed by atoms with van der Waals surface area (Å²) in [6, 6.07) is -1.61. The number of primary amides is 1. The Hall–Kier alpha value is -1.83. The molecule has 8 nitrogen and oxygen atoms in total. The van der Waals surface area contributed by atoms with Crippen molar-refractivity contribution in [3.8, 4) is 0 Å². The number of hydrogen-bond donors (Lipinski definition) is 4. The van der Waals surface area contributed by atoms with E-state index in [9.17, 15) is 14.4 Å². The van der Waals surface area contributed by atoms with Crippen molar-refractivity contribution in [2.75, 3.05) is 19.8 Å². The van der Waals surface area contributed by atoms with Crippen molar-refractivity contribution in [1.29, 1.82) is 0 Å². The van der Waals surface area contributed by atoms with E-state index in [-0.39, 0.29) is 19.8 Å². The van der Waals surface area contributed by atoms with Crippen molar-refractivity contribution in [2.24, 2.45) is 11.1 Å². The van der Waals surface area contributed by atoms with Crippen LogP contribution >= 0.6 is 0 Å². The fourth-order valence-electron chi connectivity index (χ4n) is 1.24. The quantitative estimate of drug-likeness (QED) is 0.456. The second-order valence-electron chi connectivity index (χ2n) is 5.06. The van der Waals surface area contributed by atoms with Gasteiger partial charge in [-0.3, -0.25) is 4.79 Å². The number of carboxylic acid groups (broad SMARTS) is 1. The summed E-state index contributed by atoms with van der Waals surface area (Å²) >= 11 is 0. The second kappa shape index (κ2) is 7.57. The van der Waals surface area contributed by atoms with Crippen molar-refractivity contribution < 1.29 is 24.2 Å². The summed E-state index contributed by atoms with van der Waals surface area (Å²) in [6.07, 6.45) is 0. The zero-order chi connectivity index (χ0) is 15.1. The van der Waals surface area contributed by atoms with Gasteiger partial charge < -0.3 is 26.2 Å². The van der Waals surface area contributed by atoms with Gasteiger partial charge in [-0.2, -0.15) is 0 Å². The van der Waals surface area contributed by atoms with Crippen molar-refractivity contribution >= 4 is 17.9 Å². The van der Waals surface area contributed by atoms with E-state index in [1.165, 1.54) is 0 Å². The van der Waals surface area contributed by atoms with Crippen molar-refractivity contribution in [3.05, 3.63) is 0 Å². The van der Waals surface area contributed by atoms with Crippen LogP contribution < -0.4 is 16.4 Å². The lowest BCUT2D eigenvalue weighted by Gasteiger charge is -2.27. The fraction of sp³-hybridized carbons (Fsp3) is 0.727. The Labute approximate surface area is 111 Å². The first kappa shape index (κ1) is 17.2. The predicted octanol–water partition coefficient (Wildman–Crippen LogP) is -0.713. The Kier molecular flexibility index (Phi) is 6.84. The van der Waals surface area contributed by atoms with Crippen LogP contribution in [0.2, 0.25) is 0 Å². The molecule has 0 heterocycles. The van der Waals surface area contributed by atoms with Crippen LogP contribution in [-0.2, 0) is 14.3 Å². The number of nitrogens with one attached hydrogen (secondary N) is 2. The molecule has 0 aliphatic heterocycles. The number of ether oxygens (including phenoxy) is 1. The molecule has 0 bridgehead atoms. The smallest absolute Gasteiger partial charge is 0.326 e. The maximum Gasteiger partial charge on any atom is 0.326 e. The SMILES string of the molecule is CC(C)(C)[C@@H](NC(=O)NCCOCC(N)=O)C(=O)O. The predicted molar refractivity (Wildman–Crippen MR) is 67.4 cm³/mol. The number of carboxylic acids is 1. The summed E-state index contributed by atoms with van der Waals surface area (Å²) in [5.74, 6) is -1.70. The van der Waals surface area contributed by atoms with Gasteiger partial charge >= 0.3 is 12.0 Å². The van der Waals surface area contributed by atoms with Gasteiger partial charge in [0.2, 0.25) is 5.91 Å². The van der Waals surface area contributed by atoms with Crippen molar-refractivity contribution in [1.82, 2.24) is 10.6 Å². The van der Waals surface area contributed by atoms with Gasteiger partial charge in [-0.05, 0) is 5.41 Å². The highest BCUT2D eigenvalue weighted by atomic mass is 16.5. The molecular formula is C11H21N3O5. The van der Waals surface area contributed by atoms with Crippen LogP contribution in [0.25, 0.3) is 0 Å². The third-order valence-corrected chi connectivity index (χ3v) is 2.16. The van der Waals surface area contributed by atoms with E-state index in [2.05, 4.69) is 10.6 Å². The molecule has 19 heavy (non-hydrogen) atoms. The lowest BCUT2D eigenvalue weighted by atomic mass is 9.87. The summed E-state index contributed by atoms with van der Waals surface area (Å²) in [5, 5.41) is 13.8. The lowest BCUT2D eigenvalue weighted by Crippen LogP contribution is -2.52. The van der Waals surface area contributed by atoms with Crippen LogP contribution in [0, 0.1) is 5.41 Å². The number of amides is 3. The summed E-state index contributed by atoms with van der Waals surface area (Å²) in [5.41, 5.74) is 4.25. The largest absolute Gasteiger partial charge is 0.480 e. The Bertz CT molecular complexity index is 338. The van der Waals surface area contributed by atoms with Crippen LogP contribution in [-0.4, -0.2) is 48.8 Å². The first-order chi connectivity index (χ1) is 8.64. The Morgan fingerprint density at radius 2 is 1.89 bits per heavy atom. The number of carbonyl (C=O) groups is 3. The minimum absolute atomic E-state index is 0.115. The molecule has 0 rings (SSSR count). The van der Waals surface area contributed by atoms with E-state index >= 15 is 0 Å². The van der Waals surface area contributed by atoms with Crippen LogP contribution in [0.3, 0.4) is 0 Å². The first-order valence-electron chi connectivity index (χ1n) is 5.78. The highest BCUT2D eigenvalue weighted by molar-refractivity contribution is 5.83. The zero-order valence-electron chi connectivity index (χ0n) is 11.4. The normalized spacial score (nSPS) is 12.6. The van der Waals surface area contributed by atoms with Crippen LogP contribution in [0.1, 0.15) is 20.8 Å². The van der Waals surface area contributed by atoms with Gasteiger partial charge in [-0.1, -0.05) is 20.8 Å². The molecule has 0 saturated heterocycles. The average Bonchev–Trinajstić information content (AvgIpc) is 2.23. The summed E-state index contributed by atoms with van der Waals surface area (Å²) in [6.45, 7) is 5.17. The molecule has 0 unspecified atom stereocenters. The molecule has 0 aromatic carbocycles. The summed E-state index contributed by atoms with van der Waals surface area (Å²) < 4.78 is 4.83. The van der Waals surface area contributed by atoms with Gasteiger partial charge in [0, 0.05) is 6.54 Å². The molecule has 110 valence electrons. The van der Waals surface area contributed by atoms with E-state index in [1.54, 1.807) is 20.8 Å². The first-order valence-corrected chi connectivity index (χ1v) is 5.78. The van der Waals surface area contributed by atoms with Crippen LogP contribution in [0.5, 0.6) is 0 Å². The molecule has 0 aliphatic rings. The minimum Gasteiger partial charge on any atom is -0.480 e. The lowest BCUT2D eigenvalue weighted by molar-refractivity contribution is -0.141. The summed E-state index contributed by atoms with van der Waals surface area (Å²) in [7, 11) is 0. The van der Waals surface area contributed by atoms with Crippen molar-refractivity contribution in [3.63, 3.8) is 0 Å². The molecule has 0 aliphatic carbocycles. The maximum atomic E-state index is 11.5. The van der Waals surface area contributed by atoms with Gasteiger partial charge in [-0.15, -0.1) is 0 Å². The Morgan fingerprint density at radius 1 is 1.32 bits per heavy atom. The highest BCUT2D eigenvalue weighted by Gasteiger charge is 2.32. The number of urea groups is 1. The molecule has 5 N–H and O–H groups in total. The van der Waals surface area contributed by atoms with Gasteiger partial charge in [0.1, 0.15) is 12.6 Å². The van der Waals surface area contributed by atoms with Crippen LogP contribution in [0.4, 0.5) is 4.79 Å². The van der Waals surface area contributed by atoms with Crippen LogP contribution in [0.15, 0.2) is 0 Å². The highest BCUT2D eigenvalue weighted by Crippen LogP contribution is 2.19. The topological polar surface area (TPSA) is 131 Å². The standard InChI is InChI=1S/C11H21N3O5/c1-11(2,3)8(9(16)17)14-10(18)13-4-5-19-6-7(12)15/h8H,4-6H2,1-3H3,(H2,12,15)(H,16,17)(H2,13,14,18)/t8-/m0/s1. The number of nitrogens with two attached hydrogens (primary N) is 1. The van der Waals surface area contributed by atoms with E-state index in [0.717, 1.165) is 0 Å². The van der Waals surface area contributed by atoms with Crippen molar-refractivity contribution in [2.45, 2.75) is 26.8 Å². The van der Waals surface area contributed by atoms with E-state index < -0.39 is 29.4 Å². The molecule has 0 fully saturated rings. The number of rotatable bonds is 7. The molecule has 3 amide bonds. The maximum absolute atomic E-state index is 11.5. The van der Waals surface area contributed by atoms with Gasteiger partial charge in [0.05, 0.1) is 6.61 Å². The Balaban J connectivity index is 4.02. The van der Waals surface area contributed by atoms with Gasteiger partial charge in [0.25, 0.3) is 0 Å². The molecule has 1 atom stereocenters. The third-order valence-electron chi connectivity index (χ3n) is 2.16. The van der Waals surface area contributed by atoms with E-state index in [1.807, 2.05) is 0 Å². The molecule has 0 saturated carbocycles. The average molecular weight is 275 g/mol.